The summed E-state index contributed by atoms with van der Waals surface area (Å²) < 4.78 is 5.18. The highest BCUT2D eigenvalue weighted by atomic mass is 16.5. The number of methoxy groups -OCH3 is 1. The molecule has 1 aliphatic carbocycles. The van der Waals surface area contributed by atoms with Gasteiger partial charge in [-0.25, -0.2) is 0 Å². The lowest BCUT2D eigenvalue weighted by atomic mass is 9.76. The van der Waals surface area contributed by atoms with Crippen molar-refractivity contribution in [3.63, 3.8) is 0 Å². The second-order valence-electron chi connectivity index (χ2n) is 6.18. The van der Waals surface area contributed by atoms with Crippen molar-refractivity contribution in [1.29, 1.82) is 0 Å². The zero-order valence-electron chi connectivity index (χ0n) is 12.9. The van der Waals surface area contributed by atoms with Crippen LogP contribution in [0.2, 0.25) is 0 Å². The standard InChI is InChI=1S/C17H27NO2/c1-18(2)16-6-4-5-12-17(16,19)13-11-14-7-9-15(20-3)10-8-14/h7-10,16,19H,4-6,11-13H2,1-3H3. The molecule has 2 atom stereocenters. The minimum atomic E-state index is -0.540. The van der Waals surface area contributed by atoms with Gasteiger partial charge in [-0.1, -0.05) is 25.0 Å². The van der Waals surface area contributed by atoms with Crippen molar-refractivity contribution in [2.75, 3.05) is 21.2 Å². The van der Waals surface area contributed by atoms with E-state index in [0.717, 1.165) is 37.9 Å². The molecule has 1 aromatic rings. The Morgan fingerprint density at radius 1 is 1.25 bits per heavy atom. The van der Waals surface area contributed by atoms with E-state index in [-0.39, 0.29) is 6.04 Å². The van der Waals surface area contributed by atoms with Gasteiger partial charge in [0.05, 0.1) is 12.7 Å². The minimum absolute atomic E-state index is 0.287. The van der Waals surface area contributed by atoms with Gasteiger partial charge in [-0.15, -0.1) is 0 Å². The van der Waals surface area contributed by atoms with Gasteiger partial charge in [-0.2, -0.15) is 0 Å². The van der Waals surface area contributed by atoms with Crippen molar-refractivity contribution in [2.24, 2.45) is 0 Å². The summed E-state index contributed by atoms with van der Waals surface area (Å²) >= 11 is 0. The van der Waals surface area contributed by atoms with E-state index in [1.54, 1.807) is 7.11 Å². The smallest absolute Gasteiger partial charge is 0.118 e. The van der Waals surface area contributed by atoms with Crippen LogP contribution >= 0.6 is 0 Å². The van der Waals surface area contributed by atoms with Crippen LogP contribution in [0.5, 0.6) is 5.75 Å². The highest BCUT2D eigenvalue weighted by molar-refractivity contribution is 5.27. The third-order valence-corrected chi connectivity index (χ3v) is 4.59. The van der Waals surface area contributed by atoms with Gasteiger partial charge in [0, 0.05) is 6.04 Å². The van der Waals surface area contributed by atoms with Crippen LogP contribution < -0.4 is 4.74 Å². The maximum Gasteiger partial charge on any atom is 0.118 e. The van der Waals surface area contributed by atoms with Crippen molar-refractivity contribution in [2.45, 2.75) is 50.2 Å². The van der Waals surface area contributed by atoms with Crippen molar-refractivity contribution in [3.05, 3.63) is 29.8 Å². The molecule has 2 unspecified atom stereocenters. The number of ether oxygens (including phenoxy) is 1. The van der Waals surface area contributed by atoms with E-state index >= 15 is 0 Å². The van der Waals surface area contributed by atoms with Gasteiger partial charge in [-0.05, 0) is 57.5 Å². The van der Waals surface area contributed by atoms with Gasteiger partial charge in [0.2, 0.25) is 0 Å². The summed E-state index contributed by atoms with van der Waals surface area (Å²) in [5.41, 5.74) is 0.726. The third-order valence-electron chi connectivity index (χ3n) is 4.59. The van der Waals surface area contributed by atoms with Crippen LogP contribution in [-0.4, -0.2) is 42.9 Å². The molecule has 0 heterocycles. The Morgan fingerprint density at radius 3 is 2.55 bits per heavy atom. The van der Waals surface area contributed by atoms with Crippen molar-refractivity contribution >= 4 is 0 Å². The molecule has 0 aromatic heterocycles. The summed E-state index contributed by atoms with van der Waals surface area (Å²) in [5.74, 6) is 0.885. The lowest BCUT2D eigenvalue weighted by Gasteiger charge is -2.43. The second-order valence-corrected chi connectivity index (χ2v) is 6.18. The van der Waals surface area contributed by atoms with E-state index in [9.17, 15) is 5.11 Å². The maximum atomic E-state index is 11.0. The van der Waals surface area contributed by atoms with E-state index in [0.29, 0.717) is 0 Å². The van der Waals surface area contributed by atoms with Crippen molar-refractivity contribution in [1.82, 2.24) is 4.90 Å². The van der Waals surface area contributed by atoms with E-state index in [1.807, 2.05) is 12.1 Å². The zero-order chi connectivity index (χ0) is 14.6. The summed E-state index contributed by atoms with van der Waals surface area (Å²) in [6.07, 6.45) is 6.16. The lowest BCUT2D eigenvalue weighted by Crippen LogP contribution is -2.52. The van der Waals surface area contributed by atoms with Gasteiger partial charge >= 0.3 is 0 Å². The first kappa shape index (κ1) is 15.3. The van der Waals surface area contributed by atoms with E-state index in [2.05, 4.69) is 31.1 Å². The first-order chi connectivity index (χ1) is 9.55. The van der Waals surface area contributed by atoms with Crippen LogP contribution in [0.3, 0.4) is 0 Å². The summed E-state index contributed by atoms with van der Waals surface area (Å²) in [7, 11) is 5.84. The SMILES string of the molecule is COc1ccc(CCC2(O)CCCCC2N(C)C)cc1. The summed E-state index contributed by atoms with van der Waals surface area (Å²) in [6.45, 7) is 0. The lowest BCUT2D eigenvalue weighted by molar-refractivity contribution is -0.0659. The number of nitrogens with zero attached hydrogens (tertiary/aromatic N) is 1. The van der Waals surface area contributed by atoms with Gasteiger partial charge in [0.1, 0.15) is 5.75 Å². The normalized spacial score (nSPS) is 26.8. The van der Waals surface area contributed by atoms with Crippen molar-refractivity contribution < 1.29 is 9.84 Å². The maximum absolute atomic E-state index is 11.0. The molecule has 1 N–H and O–H groups in total. The first-order valence-corrected chi connectivity index (χ1v) is 7.57. The molecule has 0 radical (unpaired) electrons. The second kappa shape index (κ2) is 6.59. The number of rotatable bonds is 5. The van der Waals surface area contributed by atoms with Gasteiger partial charge in [0.25, 0.3) is 0 Å². The van der Waals surface area contributed by atoms with Crippen LogP contribution in [-0.2, 0) is 6.42 Å². The number of likely N-dealkylation sites (N-methyl/N-ethyl adjacent to an activating group) is 1. The fourth-order valence-electron chi connectivity index (χ4n) is 3.39. The molecule has 0 amide bonds. The molecule has 0 spiro atoms. The molecule has 3 heteroatoms. The number of benzene rings is 1. The average molecular weight is 277 g/mol. The van der Waals surface area contributed by atoms with Crippen LogP contribution in [0.1, 0.15) is 37.7 Å². The molecule has 112 valence electrons. The van der Waals surface area contributed by atoms with Gasteiger partial charge in [0.15, 0.2) is 0 Å². The van der Waals surface area contributed by atoms with Crippen LogP contribution in [0.25, 0.3) is 0 Å². The zero-order valence-corrected chi connectivity index (χ0v) is 12.9. The highest BCUT2D eigenvalue weighted by Crippen LogP contribution is 2.34. The quantitative estimate of drug-likeness (QED) is 0.898. The van der Waals surface area contributed by atoms with E-state index in [1.165, 1.54) is 12.0 Å². The molecule has 20 heavy (non-hydrogen) atoms. The molecule has 0 saturated heterocycles. The molecule has 0 bridgehead atoms. The average Bonchev–Trinajstić information content (AvgIpc) is 2.46. The summed E-state index contributed by atoms with van der Waals surface area (Å²) in [5, 5.41) is 11.0. The number of hydrogen-bond donors (Lipinski definition) is 1. The fraction of sp³-hybridized carbons (Fsp3) is 0.647. The Kier molecular flexibility index (Phi) is 5.06. The predicted molar refractivity (Wildman–Crippen MR) is 82.2 cm³/mol. The van der Waals surface area contributed by atoms with Gasteiger partial charge in [-0.3, -0.25) is 0 Å². The molecular formula is C17H27NO2. The van der Waals surface area contributed by atoms with Gasteiger partial charge < -0.3 is 14.7 Å². The molecule has 1 saturated carbocycles. The topological polar surface area (TPSA) is 32.7 Å². The molecule has 3 nitrogen and oxygen atoms in total. The van der Waals surface area contributed by atoms with E-state index in [4.69, 9.17) is 4.74 Å². The van der Waals surface area contributed by atoms with Crippen molar-refractivity contribution in [3.8, 4) is 5.75 Å². The molecule has 1 aliphatic rings. The Bertz CT molecular complexity index is 416. The number of hydrogen-bond acceptors (Lipinski definition) is 3. The molecule has 0 aliphatic heterocycles. The van der Waals surface area contributed by atoms with Crippen LogP contribution in [0.15, 0.2) is 24.3 Å². The third kappa shape index (κ3) is 3.53. The molecule has 1 fully saturated rings. The number of aliphatic hydroxyl groups is 1. The monoisotopic (exact) mass is 277 g/mol. The Labute approximate surface area is 122 Å². The molecule has 1 aromatic carbocycles. The summed E-state index contributed by atoms with van der Waals surface area (Å²) in [4.78, 5) is 2.19. The predicted octanol–water partition coefficient (Wildman–Crippen LogP) is 2.86. The highest BCUT2D eigenvalue weighted by Gasteiger charge is 2.39. The molecule has 2 rings (SSSR count). The first-order valence-electron chi connectivity index (χ1n) is 7.57. The fourth-order valence-corrected chi connectivity index (χ4v) is 3.39. The van der Waals surface area contributed by atoms with Crippen LogP contribution in [0.4, 0.5) is 0 Å². The molecular weight excluding hydrogens is 250 g/mol. The Hall–Kier alpha value is -1.06. The van der Waals surface area contributed by atoms with Crippen LogP contribution in [0, 0.1) is 0 Å². The Balaban J connectivity index is 1.99. The Morgan fingerprint density at radius 2 is 1.95 bits per heavy atom. The van der Waals surface area contributed by atoms with E-state index < -0.39 is 5.60 Å². The minimum Gasteiger partial charge on any atom is -0.497 e. The number of aryl methyl sites for hydroxylation is 1. The summed E-state index contributed by atoms with van der Waals surface area (Å²) in [6, 6.07) is 8.45. The largest absolute Gasteiger partial charge is 0.497 e.